The van der Waals surface area contributed by atoms with E-state index in [0.29, 0.717) is 17.0 Å². The van der Waals surface area contributed by atoms with Crippen LogP contribution in [0.5, 0.6) is 0 Å². The molecule has 2 saturated heterocycles. The molecule has 3 nitrogen and oxygen atoms in total. The monoisotopic (exact) mass is 410 g/mol. The number of rotatable bonds is 3. The van der Waals surface area contributed by atoms with Crippen LogP contribution in [0, 0.1) is 0 Å². The summed E-state index contributed by atoms with van der Waals surface area (Å²) in [6.07, 6.45) is 10.9. The van der Waals surface area contributed by atoms with Crippen LogP contribution in [0.3, 0.4) is 0 Å². The molecule has 3 aliphatic rings. The van der Waals surface area contributed by atoms with E-state index in [4.69, 9.17) is 4.52 Å². The Hall–Kier alpha value is -0.150. The van der Waals surface area contributed by atoms with E-state index in [1.165, 1.54) is 63.6 Å². The molecule has 24 heavy (non-hydrogen) atoms. The van der Waals surface area contributed by atoms with E-state index in [0.717, 1.165) is 6.54 Å². The van der Waals surface area contributed by atoms with Crippen LogP contribution in [-0.4, -0.2) is 34.7 Å². The van der Waals surface area contributed by atoms with Crippen molar-refractivity contribution in [2.45, 2.75) is 68.3 Å². The summed E-state index contributed by atoms with van der Waals surface area (Å²) in [5.74, 6) is 0. The van der Waals surface area contributed by atoms with E-state index >= 15 is 0 Å². The van der Waals surface area contributed by atoms with Crippen molar-refractivity contribution in [3.63, 3.8) is 0 Å². The lowest BCUT2D eigenvalue weighted by atomic mass is 9.99. The minimum absolute atomic E-state index is 0.363. The Kier molecular flexibility index (Phi) is 5.78. The number of fused-ring (bicyclic) bond motifs is 1. The van der Waals surface area contributed by atoms with Crippen LogP contribution in [0.25, 0.3) is 0 Å². The van der Waals surface area contributed by atoms with Crippen LogP contribution in [0.15, 0.2) is 30.3 Å². The van der Waals surface area contributed by atoms with Gasteiger partial charge in [-0.2, -0.15) is 0 Å². The largest absolute Gasteiger partial charge is 0.322 e. The molecule has 1 aromatic carbocycles. The summed E-state index contributed by atoms with van der Waals surface area (Å²) >= 11 is 3.94. The van der Waals surface area contributed by atoms with Gasteiger partial charge in [-0.15, -0.1) is 0 Å². The summed E-state index contributed by atoms with van der Waals surface area (Å²) in [6, 6.07) is 11.6. The maximum Gasteiger partial charge on any atom is 0.218 e. The minimum Gasteiger partial charge on any atom is -0.322 e. The molecule has 0 aromatic heterocycles. The molecule has 0 bridgehead atoms. The van der Waals surface area contributed by atoms with Crippen molar-refractivity contribution in [1.29, 1.82) is 0 Å². The van der Waals surface area contributed by atoms with Crippen molar-refractivity contribution in [1.82, 2.24) is 4.67 Å². The van der Waals surface area contributed by atoms with Gasteiger partial charge < -0.3 is 9.19 Å². The quantitative estimate of drug-likeness (QED) is 0.469. The average Bonchev–Trinajstić information content (AvgIpc) is 3.17. The van der Waals surface area contributed by atoms with Gasteiger partial charge in [-0.1, -0.05) is 59.8 Å². The van der Waals surface area contributed by atoms with Crippen LogP contribution < -0.4 is 4.67 Å². The molecule has 2 aliphatic heterocycles. The number of halogens is 1. The molecule has 2 heterocycles. The second-order valence-electron chi connectivity index (χ2n) is 7.28. The third-order valence-corrected chi connectivity index (χ3v) is 8.84. The molecule has 1 aliphatic carbocycles. The Bertz CT molecular complexity index is 531. The first-order valence-corrected chi connectivity index (χ1v) is 11.6. The van der Waals surface area contributed by atoms with Crippen LogP contribution in [0.2, 0.25) is 0 Å². The Morgan fingerprint density at radius 2 is 1.75 bits per heavy atom. The van der Waals surface area contributed by atoms with Crippen molar-refractivity contribution in [2.24, 2.45) is 0 Å². The van der Waals surface area contributed by atoms with Crippen LogP contribution in [-0.2, 0) is 4.52 Å². The molecule has 5 heteroatoms. The molecule has 132 valence electrons. The third-order valence-electron chi connectivity index (χ3n) is 5.56. The molecule has 3 fully saturated rings. The van der Waals surface area contributed by atoms with Crippen LogP contribution in [0.4, 0.5) is 5.69 Å². The lowest BCUT2D eigenvalue weighted by Gasteiger charge is -2.34. The highest BCUT2D eigenvalue weighted by atomic mass is 79.9. The second kappa shape index (κ2) is 8.03. The molecule has 4 unspecified atom stereocenters. The van der Waals surface area contributed by atoms with Gasteiger partial charge >= 0.3 is 0 Å². The lowest BCUT2D eigenvalue weighted by molar-refractivity contribution is 0.181. The summed E-state index contributed by atoms with van der Waals surface area (Å²) in [6.45, 7) is 2.34. The number of anilines is 1. The Morgan fingerprint density at radius 3 is 2.58 bits per heavy atom. The van der Waals surface area contributed by atoms with Crippen molar-refractivity contribution >= 4 is 30.1 Å². The molecular weight excluding hydrogens is 383 g/mol. The highest BCUT2D eigenvalue weighted by Crippen LogP contribution is 2.58. The van der Waals surface area contributed by atoms with Gasteiger partial charge in [0.2, 0.25) is 8.45 Å². The molecule has 0 N–H and O–H groups in total. The molecule has 0 amide bonds. The summed E-state index contributed by atoms with van der Waals surface area (Å²) in [5, 5.41) is 0. The first-order chi connectivity index (χ1) is 11.8. The maximum atomic E-state index is 6.85. The van der Waals surface area contributed by atoms with Crippen LogP contribution >= 0.6 is 24.4 Å². The van der Waals surface area contributed by atoms with Gasteiger partial charge in [0.05, 0.1) is 6.10 Å². The molecule has 1 saturated carbocycles. The summed E-state index contributed by atoms with van der Waals surface area (Å²) in [5.41, 5.74) is 1.33. The lowest BCUT2D eigenvalue weighted by Crippen LogP contribution is -2.28. The van der Waals surface area contributed by atoms with Crippen molar-refractivity contribution < 1.29 is 4.52 Å². The van der Waals surface area contributed by atoms with Gasteiger partial charge in [0.15, 0.2) is 0 Å². The molecule has 1 aromatic rings. The molecule has 0 spiro atoms. The zero-order chi connectivity index (χ0) is 16.4. The van der Waals surface area contributed by atoms with Gasteiger partial charge in [0, 0.05) is 29.6 Å². The highest BCUT2D eigenvalue weighted by molar-refractivity contribution is 9.09. The van der Waals surface area contributed by atoms with Crippen molar-refractivity contribution in [3.05, 3.63) is 30.3 Å². The van der Waals surface area contributed by atoms with Crippen molar-refractivity contribution in [2.75, 3.05) is 17.8 Å². The van der Waals surface area contributed by atoms with E-state index in [9.17, 15) is 0 Å². The van der Waals surface area contributed by atoms with E-state index in [2.05, 4.69) is 55.6 Å². The number of nitrogens with zero attached hydrogens (tertiary/aromatic N) is 2. The standard InChI is InChI=1S/C19H28BrN2OP/c20-18-12-6-1-2-7-13-19(18)23-24-21-14-8-11-17(21)15-22(24)16-9-4-3-5-10-16/h3-5,9-10,17-19H,1-2,6-8,11-15H2. The van der Waals surface area contributed by atoms with E-state index < -0.39 is 8.45 Å². The van der Waals surface area contributed by atoms with Crippen molar-refractivity contribution in [3.8, 4) is 0 Å². The van der Waals surface area contributed by atoms with Gasteiger partial charge in [0.25, 0.3) is 0 Å². The summed E-state index contributed by atoms with van der Waals surface area (Å²) in [7, 11) is -0.659. The average molecular weight is 411 g/mol. The van der Waals surface area contributed by atoms with E-state index in [1.807, 2.05) is 0 Å². The number of para-hydroxylation sites is 1. The Morgan fingerprint density at radius 1 is 0.958 bits per heavy atom. The second-order valence-corrected chi connectivity index (χ2v) is 10.2. The van der Waals surface area contributed by atoms with Gasteiger partial charge in [-0.3, -0.25) is 0 Å². The van der Waals surface area contributed by atoms with Crippen LogP contribution in [0.1, 0.15) is 51.4 Å². The van der Waals surface area contributed by atoms with Gasteiger partial charge in [0.1, 0.15) is 0 Å². The SMILES string of the molecule is BrC1CCCCCCC1OP1N(c2ccccc2)CC2CCCN21. The van der Waals surface area contributed by atoms with Gasteiger partial charge in [-0.05, 0) is 37.8 Å². The fraction of sp³-hybridized carbons (Fsp3) is 0.684. The van der Waals surface area contributed by atoms with E-state index in [1.54, 1.807) is 0 Å². The fourth-order valence-electron chi connectivity index (χ4n) is 4.21. The predicted octanol–water partition coefficient (Wildman–Crippen LogP) is 5.70. The van der Waals surface area contributed by atoms with E-state index in [-0.39, 0.29) is 0 Å². The Labute approximate surface area is 155 Å². The predicted molar refractivity (Wildman–Crippen MR) is 106 cm³/mol. The first-order valence-electron chi connectivity index (χ1n) is 9.53. The third kappa shape index (κ3) is 3.67. The summed E-state index contributed by atoms with van der Waals surface area (Å²) < 4.78 is 12.1. The topological polar surface area (TPSA) is 15.7 Å². The molecule has 4 rings (SSSR count). The van der Waals surface area contributed by atoms with Gasteiger partial charge in [-0.25, -0.2) is 4.67 Å². The number of benzene rings is 1. The Balaban J connectivity index is 1.53. The minimum atomic E-state index is -0.659. The molecule has 4 atom stereocenters. The number of hydrogen-bond donors (Lipinski definition) is 0. The normalized spacial score (nSPS) is 34.8. The highest BCUT2D eigenvalue weighted by Gasteiger charge is 2.45. The number of alkyl halides is 1. The maximum absolute atomic E-state index is 6.85. The number of hydrogen-bond acceptors (Lipinski definition) is 3. The smallest absolute Gasteiger partial charge is 0.218 e. The zero-order valence-electron chi connectivity index (χ0n) is 14.3. The molecule has 0 radical (unpaired) electrons. The summed E-state index contributed by atoms with van der Waals surface area (Å²) in [4.78, 5) is 0.513. The zero-order valence-corrected chi connectivity index (χ0v) is 16.8. The molecular formula is C19H28BrN2OP. The first kappa shape index (κ1) is 17.3. The fourth-order valence-corrected chi connectivity index (χ4v) is 7.52.